The lowest BCUT2D eigenvalue weighted by Gasteiger charge is -2.29. The van der Waals surface area contributed by atoms with Crippen LogP contribution in [0.15, 0.2) is 28.9 Å². The third-order valence-corrected chi connectivity index (χ3v) is 13.0. The molecule has 1 aromatic carbocycles. The molecule has 0 spiro atoms. The fourth-order valence-electron chi connectivity index (χ4n) is 9.30. The third kappa shape index (κ3) is 9.09. The molecule has 3 amide bonds. The normalized spacial score (nSPS) is 29.1. The molecule has 3 aromatic rings. The fourth-order valence-corrected chi connectivity index (χ4v) is 9.56. The van der Waals surface area contributed by atoms with Crippen LogP contribution in [0.1, 0.15) is 90.9 Å². The van der Waals surface area contributed by atoms with E-state index < -0.39 is 47.6 Å². The highest BCUT2D eigenvalue weighted by Gasteiger charge is 2.62. The zero-order valence-electron chi connectivity index (χ0n) is 34.4. The number of hydrogen-bond acceptors (Lipinski definition) is 12. The van der Waals surface area contributed by atoms with Crippen LogP contribution in [0.25, 0.3) is 22.3 Å². The van der Waals surface area contributed by atoms with Crippen molar-refractivity contribution in [2.24, 2.45) is 17.8 Å². The smallest absolute Gasteiger partial charge is 0.408 e. The summed E-state index contributed by atoms with van der Waals surface area (Å²) < 4.78 is 29.3. The number of aromatic nitrogens is 2. The number of halogens is 1. The first-order valence-electron chi connectivity index (χ1n) is 21.4. The van der Waals surface area contributed by atoms with E-state index in [4.69, 9.17) is 39.9 Å². The minimum Gasteiger partial charge on any atom is -0.490 e. The van der Waals surface area contributed by atoms with Gasteiger partial charge in [0.15, 0.2) is 0 Å². The molecule has 0 bridgehead atoms. The number of aliphatic carboxylic acids is 1. The molecule has 60 heavy (non-hydrogen) atoms. The van der Waals surface area contributed by atoms with E-state index in [1.807, 2.05) is 13.8 Å². The largest absolute Gasteiger partial charge is 0.490 e. The van der Waals surface area contributed by atoms with Crippen molar-refractivity contribution >= 4 is 52.4 Å². The Morgan fingerprint density at radius 2 is 1.77 bits per heavy atom. The number of oxazole rings is 1. The number of carbonyl (C=O) groups is 4. The van der Waals surface area contributed by atoms with Gasteiger partial charge in [0, 0.05) is 31.0 Å². The van der Waals surface area contributed by atoms with Crippen molar-refractivity contribution in [3.8, 4) is 22.9 Å². The van der Waals surface area contributed by atoms with E-state index in [0.29, 0.717) is 83.9 Å². The summed E-state index contributed by atoms with van der Waals surface area (Å²) in [5.74, 6) is -0.337. The first kappa shape index (κ1) is 41.9. The molecule has 3 aliphatic carbocycles. The number of alkyl carbamates (subject to hydrolysis) is 1. The van der Waals surface area contributed by atoms with E-state index in [0.717, 1.165) is 38.5 Å². The van der Waals surface area contributed by atoms with Gasteiger partial charge in [0.1, 0.15) is 64.9 Å². The average Bonchev–Trinajstić information content (AvgIpc) is 3.86. The number of carboxylic acids is 1. The second-order valence-electron chi connectivity index (χ2n) is 17.4. The summed E-state index contributed by atoms with van der Waals surface area (Å²) in [5, 5.41) is 20.0. The van der Waals surface area contributed by atoms with Crippen molar-refractivity contribution in [3.63, 3.8) is 0 Å². The van der Waals surface area contributed by atoms with Crippen molar-refractivity contribution in [2.75, 3.05) is 32.2 Å². The molecule has 3 saturated carbocycles. The maximum Gasteiger partial charge on any atom is 0.408 e. The van der Waals surface area contributed by atoms with Gasteiger partial charge in [-0.1, -0.05) is 43.7 Å². The third-order valence-electron chi connectivity index (χ3n) is 12.7. The van der Waals surface area contributed by atoms with Crippen LogP contribution in [0.5, 0.6) is 11.5 Å². The van der Waals surface area contributed by atoms with E-state index >= 15 is 0 Å². The molecular weight excluding hydrogens is 796 g/mol. The Balaban J connectivity index is 1.10. The summed E-state index contributed by atoms with van der Waals surface area (Å²) >= 11 is 6.95. The van der Waals surface area contributed by atoms with Crippen LogP contribution >= 0.6 is 11.6 Å². The van der Waals surface area contributed by atoms with Gasteiger partial charge in [0.2, 0.25) is 11.8 Å². The van der Waals surface area contributed by atoms with E-state index in [2.05, 4.69) is 20.9 Å². The zero-order chi connectivity index (χ0) is 42.1. The molecule has 4 N–H and O–H groups in total. The van der Waals surface area contributed by atoms with Crippen molar-refractivity contribution in [1.82, 2.24) is 25.5 Å². The molecule has 5 fully saturated rings. The maximum atomic E-state index is 14.7. The van der Waals surface area contributed by atoms with Gasteiger partial charge in [0.25, 0.3) is 6.01 Å². The molecule has 2 saturated heterocycles. The second-order valence-corrected chi connectivity index (χ2v) is 17.8. The number of nitrogens with one attached hydrogen (secondary N) is 3. The number of methoxy groups -OCH3 is 1. The van der Waals surface area contributed by atoms with Gasteiger partial charge in [-0.25, -0.2) is 14.6 Å². The number of anilines is 1. The van der Waals surface area contributed by atoms with Crippen molar-refractivity contribution in [1.29, 1.82) is 0 Å². The Hall–Kier alpha value is -4.83. The Bertz CT molecular complexity index is 2090. The molecule has 0 unspecified atom stereocenters. The van der Waals surface area contributed by atoms with Gasteiger partial charge in [-0.15, -0.1) is 0 Å². The molecule has 2 aromatic heterocycles. The predicted molar refractivity (Wildman–Crippen MR) is 220 cm³/mol. The number of fused-ring (bicyclic) bond motifs is 4. The number of hydrogen-bond donors (Lipinski definition) is 4. The predicted octanol–water partition coefficient (Wildman–Crippen LogP) is 6.33. The first-order chi connectivity index (χ1) is 28.9. The van der Waals surface area contributed by atoms with Crippen LogP contribution in [0, 0.1) is 17.8 Å². The molecule has 0 radical (unpaired) electrons. The van der Waals surface area contributed by atoms with Gasteiger partial charge in [0.05, 0.1) is 24.4 Å². The van der Waals surface area contributed by atoms with Crippen molar-refractivity contribution < 1.29 is 47.6 Å². The van der Waals surface area contributed by atoms with E-state index in [9.17, 15) is 24.3 Å². The summed E-state index contributed by atoms with van der Waals surface area (Å²) in [6.07, 6.45) is 8.38. The van der Waals surface area contributed by atoms with Gasteiger partial charge in [-0.3, -0.25) is 9.59 Å². The number of amides is 3. The molecule has 17 heteroatoms. The summed E-state index contributed by atoms with van der Waals surface area (Å²) in [6, 6.07) is 3.53. The Kier molecular flexibility index (Phi) is 12.3. The van der Waals surface area contributed by atoms with Crippen LogP contribution < -0.4 is 25.4 Å². The Labute approximate surface area is 353 Å². The summed E-state index contributed by atoms with van der Waals surface area (Å²) in [4.78, 5) is 65.9. The monoisotopic (exact) mass is 850 g/mol. The number of pyridine rings is 1. The summed E-state index contributed by atoms with van der Waals surface area (Å²) in [5.41, 5.74) is -0.229. The molecule has 5 aliphatic rings. The molecule has 8 atom stereocenters. The fraction of sp³-hybridized carbons (Fsp3) is 0.628. The lowest BCUT2D eigenvalue weighted by atomic mass is 10.0. The second kappa shape index (κ2) is 17.6. The van der Waals surface area contributed by atoms with Crippen LogP contribution in [0.4, 0.5) is 10.8 Å². The van der Waals surface area contributed by atoms with Gasteiger partial charge in [-0.05, 0) is 82.3 Å². The Morgan fingerprint density at radius 1 is 1.00 bits per heavy atom. The van der Waals surface area contributed by atoms with Crippen molar-refractivity contribution in [2.45, 2.75) is 127 Å². The Morgan fingerprint density at radius 3 is 2.52 bits per heavy atom. The number of benzene rings is 1. The molecule has 324 valence electrons. The number of carbonyl (C=O) groups excluding carboxylic acids is 3. The first-order valence-corrected chi connectivity index (χ1v) is 21.8. The number of nitrogens with zero attached hydrogens (tertiary/aromatic N) is 3. The van der Waals surface area contributed by atoms with E-state index in [1.165, 1.54) is 17.6 Å². The average molecular weight is 851 g/mol. The van der Waals surface area contributed by atoms with Gasteiger partial charge < -0.3 is 49.3 Å². The molecule has 4 heterocycles. The van der Waals surface area contributed by atoms with E-state index in [1.54, 1.807) is 25.3 Å². The van der Waals surface area contributed by atoms with Crippen molar-refractivity contribution in [3.05, 3.63) is 29.5 Å². The van der Waals surface area contributed by atoms with Crippen LogP contribution in [0.3, 0.4) is 0 Å². The highest BCUT2D eigenvalue weighted by Crippen LogP contribution is 2.52. The van der Waals surface area contributed by atoms with Crippen LogP contribution in [-0.2, 0) is 23.9 Å². The molecule has 16 nitrogen and oxygen atoms in total. The standard InChI is InChI=1S/C43H55ClN6O10/c1-23(2)45-41-47-32(22-58-41)31-19-35(29-11-12-34(57-14-13-56-3)36(44)37(29)46-31)59-28-18-33-38(51)49-43(40(53)54)20-26(43)9-7-5-4-6-8-10-30(39(52)50(33)21-28)48-42(55)60-27-16-24-15-25(24)17-27/h11-12,19,22-28,30,33H,4-10,13-18,20-21H2,1-3H3,(H,45,47)(H,48,55)(H,49,51)(H,53,54)/t24-,25+,26-,27+,28-,30+,33+,43-/m1/s1. The SMILES string of the molecule is COCCOc1ccc2c(O[C@@H]3C[C@H]4C(=O)N[C@]5(C(=O)O)C[C@H]5CCCCCCC[C@H](NC(=O)O[C@@H]5C[C@@H]6C[C@@H]6C5)C(=O)N4C3)cc(-c3coc(NC(C)C)n3)nc2c1Cl. The lowest BCUT2D eigenvalue weighted by Crippen LogP contribution is -2.56. The number of rotatable bonds is 12. The summed E-state index contributed by atoms with van der Waals surface area (Å²) in [6.45, 7) is 4.51. The summed E-state index contributed by atoms with van der Waals surface area (Å²) in [7, 11) is 1.57. The minimum atomic E-state index is -1.40. The van der Waals surface area contributed by atoms with Gasteiger partial charge in [-0.2, -0.15) is 4.98 Å². The number of ether oxygens (including phenoxy) is 4. The molecular formula is C43H55ClN6O10. The highest BCUT2D eigenvalue weighted by molar-refractivity contribution is 6.36. The minimum absolute atomic E-state index is 0.0167. The molecule has 2 aliphatic heterocycles. The maximum absolute atomic E-state index is 14.7. The number of carboxylic acid groups (broad SMARTS) is 1. The zero-order valence-corrected chi connectivity index (χ0v) is 35.1. The van der Waals surface area contributed by atoms with Crippen LogP contribution in [-0.4, -0.2) is 107 Å². The lowest BCUT2D eigenvalue weighted by molar-refractivity contribution is -0.146. The van der Waals surface area contributed by atoms with E-state index in [-0.39, 0.29) is 42.7 Å². The molecule has 8 rings (SSSR count). The van der Waals surface area contributed by atoms with Gasteiger partial charge >= 0.3 is 12.1 Å². The quantitative estimate of drug-likeness (QED) is 0.147. The topological polar surface area (TPSA) is 204 Å². The highest BCUT2D eigenvalue weighted by atomic mass is 35.5. The van der Waals surface area contributed by atoms with Crippen LogP contribution in [0.2, 0.25) is 5.02 Å².